The van der Waals surface area contributed by atoms with Crippen LogP contribution in [0.15, 0.2) is 71.6 Å². The largest absolute Gasteiger partial charge is 0.447 e. The molecule has 2 unspecified atom stereocenters. The van der Waals surface area contributed by atoms with Crippen molar-refractivity contribution >= 4 is 11.6 Å². The van der Waals surface area contributed by atoms with Crippen LogP contribution in [0.3, 0.4) is 0 Å². The second kappa shape index (κ2) is 11.2. The Balaban J connectivity index is 1.42. The first-order valence-corrected chi connectivity index (χ1v) is 12.9. The number of carbonyl (C=O) groups excluding carboxylic acids is 1. The fourth-order valence-electron chi connectivity index (χ4n) is 5.63. The van der Waals surface area contributed by atoms with Gasteiger partial charge in [0.25, 0.3) is 0 Å². The molecule has 1 N–H and O–H groups in total. The maximum Gasteiger partial charge on any atom is 0.321 e. The predicted molar refractivity (Wildman–Crippen MR) is 139 cm³/mol. The van der Waals surface area contributed by atoms with Crippen LogP contribution in [-0.2, 0) is 12.1 Å². The van der Waals surface area contributed by atoms with Gasteiger partial charge in [0.2, 0.25) is 0 Å². The molecule has 1 saturated heterocycles. The molecule has 2 aliphatic heterocycles. The van der Waals surface area contributed by atoms with Crippen LogP contribution in [0.5, 0.6) is 0 Å². The number of nitrogens with zero attached hydrogens (tertiary/aromatic N) is 4. The van der Waals surface area contributed by atoms with Gasteiger partial charge in [0.1, 0.15) is 29.1 Å². The highest BCUT2D eigenvalue weighted by atomic mass is 19.1. The minimum atomic E-state index is -1.31. The van der Waals surface area contributed by atoms with Crippen LogP contribution in [-0.4, -0.2) is 76.3 Å². The molecule has 0 aliphatic carbocycles. The molecule has 7 nitrogen and oxygen atoms in total. The van der Waals surface area contributed by atoms with E-state index in [2.05, 4.69) is 4.98 Å². The molecular weight excluding hydrogens is 509 g/mol. The van der Waals surface area contributed by atoms with E-state index in [0.717, 1.165) is 18.2 Å². The summed E-state index contributed by atoms with van der Waals surface area (Å²) in [5.41, 5.74) is -0.264. The van der Waals surface area contributed by atoms with E-state index >= 15 is 4.39 Å². The van der Waals surface area contributed by atoms with Crippen molar-refractivity contribution in [3.8, 4) is 0 Å². The third kappa shape index (κ3) is 5.44. The molecular formula is C29H31F3N4O3. The van der Waals surface area contributed by atoms with Crippen molar-refractivity contribution in [3.63, 3.8) is 0 Å². The zero-order valence-electron chi connectivity index (χ0n) is 21.6. The van der Waals surface area contributed by atoms with Crippen molar-refractivity contribution < 1.29 is 27.5 Å². The van der Waals surface area contributed by atoms with Gasteiger partial charge in [-0.25, -0.2) is 22.9 Å². The maximum absolute atomic E-state index is 15.1. The quantitative estimate of drug-likeness (QED) is 0.495. The molecule has 3 heterocycles. The number of oxazole rings is 1. The van der Waals surface area contributed by atoms with E-state index in [4.69, 9.17) is 4.42 Å². The van der Waals surface area contributed by atoms with Crippen LogP contribution in [0.4, 0.5) is 18.0 Å². The SMILES string of the molecule is CN(C(=O)N1CC(c2cc(F)ccc2F)=C[C@@]1(CO)c1ccccc1)C1CCN(Cc2cnco2)CC(F)C1. The number of benzene rings is 2. The minimum Gasteiger partial charge on any atom is -0.447 e. The molecule has 2 aliphatic rings. The smallest absolute Gasteiger partial charge is 0.321 e. The molecule has 3 atom stereocenters. The number of hydrogen-bond donors (Lipinski definition) is 1. The lowest BCUT2D eigenvalue weighted by Gasteiger charge is -2.41. The molecule has 2 amide bonds. The van der Waals surface area contributed by atoms with E-state index in [1.54, 1.807) is 43.6 Å². The number of carbonyl (C=O) groups is 1. The second-order valence-electron chi connectivity index (χ2n) is 10.2. The summed E-state index contributed by atoms with van der Waals surface area (Å²) in [5, 5.41) is 10.7. The van der Waals surface area contributed by atoms with Gasteiger partial charge < -0.3 is 19.3 Å². The average molecular weight is 541 g/mol. The summed E-state index contributed by atoms with van der Waals surface area (Å²) < 4.78 is 49.2. The van der Waals surface area contributed by atoms with E-state index in [0.29, 0.717) is 36.4 Å². The van der Waals surface area contributed by atoms with Crippen molar-refractivity contribution in [2.45, 2.75) is 37.1 Å². The Morgan fingerprint density at radius 3 is 2.74 bits per heavy atom. The Morgan fingerprint density at radius 1 is 1.23 bits per heavy atom. The van der Waals surface area contributed by atoms with Crippen LogP contribution in [0, 0.1) is 11.6 Å². The number of likely N-dealkylation sites (tertiary alicyclic amines) is 1. The van der Waals surface area contributed by atoms with Gasteiger partial charge in [0.15, 0.2) is 6.39 Å². The third-order valence-corrected chi connectivity index (χ3v) is 7.72. The van der Waals surface area contributed by atoms with Crippen molar-refractivity contribution in [2.75, 3.05) is 33.3 Å². The molecule has 1 aromatic heterocycles. The summed E-state index contributed by atoms with van der Waals surface area (Å²) in [6.45, 7) is 0.648. The molecule has 1 fully saturated rings. The van der Waals surface area contributed by atoms with Crippen molar-refractivity contribution in [1.29, 1.82) is 0 Å². The number of aromatic nitrogens is 1. The Labute approximate surface area is 225 Å². The molecule has 10 heteroatoms. The van der Waals surface area contributed by atoms with Gasteiger partial charge in [-0.05, 0) is 41.8 Å². The summed E-state index contributed by atoms with van der Waals surface area (Å²) in [5.74, 6) is -0.590. The van der Waals surface area contributed by atoms with Crippen LogP contribution in [0.1, 0.15) is 29.7 Å². The van der Waals surface area contributed by atoms with E-state index in [1.165, 1.54) is 16.2 Å². The number of urea groups is 1. The second-order valence-corrected chi connectivity index (χ2v) is 10.2. The summed E-state index contributed by atoms with van der Waals surface area (Å²) in [7, 11) is 1.62. The lowest BCUT2D eigenvalue weighted by Crippen LogP contribution is -2.54. The predicted octanol–water partition coefficient (Wildman–Crippen LogP) is 4.59. The fraction of sp³-hybridized carbons (Fsp3) is 0.379. The summed E-state index contributed by atoms with van der Waals surface area (Å²) in [6, 6.07) is 11.3. The van der Waals surface area contributed by atoms with E-state index in [-0.39, 0.29) is 25.1 Å². The van der Waals surface area contributed by atoms with Crippen LogP contribution >= 0.6 is 0 Å². The summed E-state index contributed by atoms with van der Waals surface area (Å²) in [4.78, 5) is 22.9. The maximum atomic E-state index is 15.1. The Hall–Kier alpha value is -3.63. The first-order valence-electron chi connectivity index (χ1n) is 12.9. The van der Waals surface area contributed by atoms with E-state index < -0.39 is 42.0 Å². The number of rotatable bonds is 6. The molecule has 0 radical (unpaired) electrons. The zero-order valence-corrected chi connectivity index (χ0v) is 21.6. The molecule has 3 aromatic rings. The van der Waals surface area contributed by atoms with Crippen molar-refractivity contribution in [2.24, 2.45) is 0 Å². The van der Waals surface area contributed by atoms with Crippen LogP contribution in [0.25, 0.3) is 5.57 Å². The number of aliphatic hydroxyl groups excluding tert-OH is 1. The molecule has 2 aromatic carbocycles. The van der Waals surface area contributed by atoms with E-state index in [1.807, 2.05) is 11.0 Å². The number of hydrogen-bond acceptors (Lipinski definition) is 5. The first-order chi connectivity index (χ1) is 18.8. The molecule has 0 saturated carbocycles. The van der Waals surface area contributed by atoms with Crippen molar-refractivity contribution in [3.05, 3.63) is 95.7 Å². The third-order valence-electron chi connectivity index (χ3n) is 7.72. The highest BCUT2D eigenvalue weighted by Crippen LogP contribution is 2.41. The number of amides is 2. The Kier molecular flexibility index (Phi) is 7.76. The van der Waals surface area contributed by atoms with Gasteiger partial charge in [-0.2, -0.15) is 0 Å². The highest BCUT2D eigenvalue weighted by molar-refractivity contribution is 5.83. The van der Waals surface area contributed by atoms with Crippen LogP contribution < -0.4 is 0 Å². The van der Waals surface area contributed by atoms with E-state index in [9.17, 15) is 18.7 Å². The number of alkyl halides is 1. The van der Waals surface area contributed by atoms with Crippen molar-refractivity contribution in [1.82, 2.24) is 19.7 Å². The monoisotopic (exact) mass is 540 g/mol. The van der Waals surface area contributed by atoms with Gasteiger partial charge >= 0.3 is 6.03 Å². The molecule has 0 spiro atoms. The Morgan fingerprint density at radius 2 is 2.03 bits per heavy atom. The van der Waals surface area contributed by atoms with Gasteiger partial charge in [-0.3, -0.25) is 4.90 Å². The summed E-state index contributed by atoms with van der Waals surface area (Å²) >= 11 is 0. The normalized spacial score (nSPS) is 23.9. The molecule has 39 heavy (non-hydrogen) atoms. The molecule has 5 rings (SSSR count). The lowest BCUT2D eigenvalue weighted by molar-refractivity contribution is 0.0758. The molecule has 0 bridgehead atoms. The van der Waals surface area contributed by atoms with Gasteiger partial charge in [-0.15, -0.1) is 0 Å². The lowest BCUT2D eigenvalue weighted by atomic mass is 9.89. The fourth-order valence-corrected chi connectivity index (χ4v) is 5.63. The minimum absolute atomic E-state index is 0.0306. The molecule has 206 valence electrons. The zero-order chi connectivity index (χ0) is 27.6. The van der Waals surface area contributed by atoms with Gasteiger partial charge in [-0.1, -0.05) is 30.3 Å². The van der Waals surface area contributed by atoms with Crippen LogP contribution in [0.2, 0.25) is 0 Å². The highest BCUT2D eigenvalue weighted by Gasteiger charge is 2.46. The average Bonchev–Trinajstić information content (AvgIpc) is 3.56. The van der Waals surface area contributed by atoms with Gasteiger partial charge in [0, 0.05) is 44.7 Å². The number of aliphatic hydroxyl groups is 1. The summed E-state index contributed by atoms with van der Waals surface area (Å²) in [6.07, 6.45) is 4.09. The number of halogens is 3. The standard InChI is InChI=1S/C29H31F3N4O3/c1-34(24-9-10-35(16-23(31)11-24)17-25-14-33-19-39-25)28(38)36-15-20(26-12-22(30)7-8-27(26)32)13-29(36,18-37)21-5-3-2-4-6-21/h2-8,12-14,19,23-24,37H,9-11,15-18H2,1H3/t23?,24?,29-/m1/s1. The first kappa shape index (κ1) is 27.0. The Bertz CT molecular complexity index is 1320. The topological polar surface area (TPSA) is 73.1 Å². The van der Waals surface area contributed by atoms with Gasteiger partial charge in [0.05, 0.1) is 19.3 Å².